The van der Waals surface area contributed by atoms with Crippen molar-refractivity contribution in [3.05, 3.63) is 41.5 Å². The van der Waals surface area contributed by atoms with E-state index in [1.165, 1.54) is 5.56 Å². The van der Waals surface area contributed by atoms with Gasteiger partial charge in [0.05, 0.1) is 0 Å². The number of aromatic nitrogens is 3. The summed E-state index contributed by atoms with van der Waals surface area (Å²) in [5.41, 5.74) is 2.42. The summed E-state index contributed by atoms with van der Waals surface area (Å²) in [4.78, 5) is 0. The SMILES string of the molecule is Cc1ccc(NCCc2nnc(C)n2C)cc1. The van der Waals surface area contributed by atoms with E-state index in [1.54, 1.807) is 0 Å². The molecule has 0 bridgehead atoms. The Hall–Kier alpha value is -1.84. The van der Waals surface area contributed by atoms with Crippen LogP contribution in [-0.4, -0.2) is 21.3 Å². The highest BCUT2D eigenvalue weighted by molar-refractivity contribution is 5.44. The van der Waals surface area contributed by atoms with Gasteiger partial charge in [0.25, 0.3) is 0 Å². The van der Waals surface area contributed by atoms with Gasteiger partial charge in [-0.3, -0.25) is 0 Å². The molecule has 0 aliphatic rings. The number of benzene rings is 1. The van der Waals surface area contributed by atoms with Gasteiger partial charge in [-0.1, -0.05) is 17.7 Å². The summed E-state index contributed by atoms with van der Waals surface area (Å²) in [6.45, 7) is 4.92. The first kappa shape index (κ1) is 11.6. The topological polar surface area (TPSA) is 42.7 Å². The molecule has 2 rings (SSSR count). The third-order valence-corrected chi connectivity index (χ3v) is 2.91. The minimum atomic E-state index is 0.870. The zero-order valence-electron chi connectivity index (χ0n) is 10.6. The molecule has 0 amide bonds. The summed E-state index contributed by atoms with van der Waals surface area (Å²) in [5.74, 6) is 1.97. The predicted molar refractivity (Wildman–Crippen MR) is 69.1 cm³/mol. The largest absolute Gasteiger partial charge is 0.385 e. The first-order valence-electron chi connectivity index (χ1n) is 5.82. The van der Waals surface area contributed by atoms with Crippen LogP contribution in [0.2, 0.25) is 0 Å². The fourth-order valence-corrected chi connectivity index (χ4v) is 1.66. The number of nitrogens with one attached hydrogen (secondary N) is 1. The Morgan fingerprint density at radius 1 is 1.12 bits per heavy atom. The van der Waals surface area contributed by atoms with Gasteiger partial charge < -0.3 is 9.88 Å². The van der Waals surface area contributed by atoms with Gasteiger partial charge in [0.2, 0.25) is 0 Å². The zero-order chi connectivity index (χ0) is 12.3. The van der Waals surface area contributed by atoms with Crippen molar-refractivity contribution in [3.63, 3.8) is 0 Å². The molecule has 4 nitrogen and oxygen atoms in total. The fourth-order valence-electron chi connectivity index (χ4n) is 1.66. The van der Waals surface area contributed by atoms with Crippen molar-refractivity contribution in [2.75, 3.05) is 11.9 Å². The van der Waals surface area contributed by atoms with Gasteiger partial charge in [-0.05, 0) is 26.0 Å². The highest BCUT2D eigenvalue weighted by Crippen LogP contribution is 2.08. The van der Waals surface area contributed by atoms with Crippen LogP contribution in [0.25, 0.3) is 0 Å². The molecule has 0 aliphatic carbocycles. The highest BCUT2D eigenvalue weighted by atomic mass is 15.3. The van der Waals surface area contributed by atoms with Gasteiger partial charge in [0, 0.05) is 25.7 Å². The van der Waals surface area contributed by atoms with E-state index in [0.717, 1.165) is 30.3 Å². The molecule has 90 valence electrons. The second kappa shape index (κ2) is 4.99. The van der Waals surface area contributed by atoms with Gasteiger partial charge in [-0.25, -0.2) is 0 Å². The van der Waals surface area contributed by atoms with Crippen LogP contribution in [0, 0.1) is 13.8 Å². The van der Waals surface area contributed by atoms with Crippen molar-refractivity contribution in [1.82, 2.24) is 14.8 Å². The minimum absolute atomic E-state index is 0.870. The summed E-state index contributed by atoms with van der Waals surface area (Å²) in [6.07, 6.45) is 0.880. The lowest BCUT2D eigenvalue weighted by atomic mass is 10.2. The third-order valence-electron chi connectivity index (χ3n) is 2.91. The van der Waals surface area contributed by atoms with Crippen LogP contribution in [0.5, 0.6) is 0 Å². The maximum atomic E-state index is 4.13. The van der Waals surface area contributed by atoms with Crippen LogP contribution in [0.1, 0.15) is 17.2 Å². The van der Waals surface area contributed by atoms with Gasteiger partial charge in [0.15, 0.2) is 0 Å². The van der Waals surface area contributed by atoms with Crippen molar-refractivity contribution in [1.29, 1.82) is 0 Å². The van der Waals surface area contributed by atoms with E-state index in [4.69, 9.17) is 0 Å². The Labute approximate surface area is 102 Å². The van der Waals surface area contributed by atoms with Crippen molar-refractivity contribution >= 4 is 5.69 Å². The molecule has 4 heteroatoms. The van der Waals surface area contributed by atoms with Crippen molar-refractivity contribution in [2.24, 2.45) is 7.05 Å². The number of rotatable bonds is 4. The van der Waals surface area contributed by atoms with E-state index in [1.807, 2.05) is 18.5 Å². The molecule has 0 aliphatic heterocycles. The first-order valence-corrected chi connectivity index (χ1v) is 5.82. The van der Waals surface area contributed by atoms with Crippen LogP contribution < -0.4 is 5.32 Å². The van der Waals surface area contributed by atoms with Crippen LogP contribution in [0.15, 0.2) is 24.3 Å². The maximum absolute atomic E-state index is 4.13. The molecule has 0 spiro atoms. The summed E-state index contributed by atoms with van der Waals surface area (Å²) in [5, 5.41) is 11.5. The minimum Gasteiger partial charge on any atom is -0.385 e. The van der Waals surface area contributed by atoms with Gasteiger partial charge in [-0.2, -0.15) is 0 Å². The van der Waals surface area contributed by atoms with E-state index >= 15 is 0 Å². The molecule has 2 aromatic rings. The molecule has 1 N–H and O–H groups in total. The Morgan fingerprint density at radius 3 is 2.41 bits per heavy atom. The Balaban J connectivity index is 1.87. The maximum Gasteiger partial charge on any atom is 0.134 e. The van der Waals surface area contributed by atoms with Crippen molar-refractivity contribution in [3.8, 4) is 0 Å². The summed E-state index contributed by atoms with van der Waals surface area (Å²) in [7, 11) is 2.00. The van der Waals surface area contributed by atoms with E-state index in [9.17, 15) is 0 Å². The van der Waals surface area contributed by atoms with Gasteiger partial charge in [0.1, 0.15) is 11.6 Å². The number of hydrogen-bond donors (Lipinski definition) is 1. The molecule has 1 aromatic heterocycles. The Bertz CT molecular complexity index is 485. The lowest BCUT2D eigenvalue weighted by molar-refractivity contribution is 0.771. The quantitative estimate of drug-likeness (QED) is 0.874. The molecular formula is C13H18N4. The van der Waals surface area contributed by atoms with E-state index < -0.39 is 0 Å². The number of hydrogen-bond acceptors (Lipinski definition) is 3. The molecule has 0 radical (unpaired) electrons. The lowest BCUT2D eigenvalue weighted by Gasteiger charge is -2.06. The second-order valence-corrected chi connectivity index (χ2v) is 4.27. The highest BCUT2D eigenvalue weighted by Gasteiger charge is 2.03. The summed E-state index contributed by atoms with van der Waals surface area (Å²) < 4.78 is 2.02. The van der Waals surface area contributed by atoms with E-state index in [2.05, 4.69) is 46.7 Å². The molecule has 1 heterocycles. The molecule has 0 saturated carbocycles. The fraction of sp³-hybridized carbons (Fsp3) is 0.385. The first-order chi connectivity index (χ1) is 8.16. The molecular weight excluding hydrogens is 212 g/mol. The summed E-state index contributed by atoms with van der Waals surface area (Å²) in [6, 6.07) is 8.40. The number of anilines is 1. The molecule has 1 aromatic carbocycles. The smallest absolute Gasteiger partial charge is 0.134 e. The number of nitrogens with zero attached hydrogens (tertiary/aromatic N) is 3. The Morgan fingerprint density at radius 2 is 1.82 bits per heavy atom. The average molecular weight is 230 g/mol. The van der Waals surface area contributed by atoms with Gasteiger partial charge >= 0.3 is 0 Å². The van der Waals surface area contributed by atoms with Crippen LogP contribution in [0.4, 0.5) is 5.69 Å². The summed E-state index contributed by atoms with van der Waals surface area (Å²) >= 11 is 0. The van der Waals surface area contributed by atoms with Gasteiger partial charge in [-0.15, -0.1) is 10.2 Å². The molecule has 0 fully saturated rings. The molecule has 0 saturated heterocycles. The van der Waals surface area contributed by atoms with Crippen molar-refractivity contribution < 1.29 is 0 Å². The van der Waals surface area contributed by atoms with Crippen LogP contribution in [-0.2, 0) is 13.5 Å². The van der Waals surface area contributed by atoms with E-state index in [0.29, 0.717) is 0 Å². The normalized spacial score (nSPS) is 10.5. The van der Waals surface area contributed by atoms with Crippen LogP contribution >= 0.6 is 0 Å². The standard InChI is InChI=1S/C13H18N4/c1-10-4-6-12(7-5-10)14-9-8-13-16-15-11(2)17(13)3/h4-7,14H,8-9H2,1-3H3. The third kappa shape index (κ3) is 2.84. The second-order valence-electron chi connectivity index (χ2n) is 4.27. The van der Waals surface area contributed by atoms with E-state index in [-0.39, 0.29) is 0 Å². The molecule has 17 heavy (non-hydrogen) atoms. The monoisotopic (exact) mass is 230 g/mol. The average Bonchev–Trinajstić information content (AvgIpc) is 2.64. The zero-order valence-corrected chi connectivity index (χ0v) is 10.6. The predicted octanol–water partition coefficient (Wildman–Crippen LogP) is 2.09. The lowest BCUT2D eigenvalue weighted by Crippen LogP contribution is -2.09. The number of aryl methyl sites for hydroxylation is 2. The molecule has 0 unspecified atom stereocenters. The van der Waals surface area contributed by atoms with Crippen LogP contribution in [0.3, 0.4) is 0 Å². The Kier molecular flexibility index (Phi) is 3.42. The van der Waals surface area contributed by atoms with Crippen molar-refractivity contribution in [2.45, 2.75) is 20.3 Å². The molecule has 0 atom stereocenters.